The molecule has 0 aliphatic heterocycles. The quantitative estimate of drug-likeness (QED) is 0.418. The molecule has 4 N–H and O–H groups in total. The van der Waals surface area contributed by atoms with E-state index in [1.165, 1.54) is 6.92 Å². The first-order valence-corrected chi connectivity index (χ1v) is 9.26. The molecular weight excluding hydrogens is 352 g/mol. The van der Waals surface area contributed by atoms with Crippen molar-refractivity contribution in [2.24, 2.45) is 0 Å². The summed E-state index contributed by atoms with van der Waals surface area (Å²) in [5.41, 5.74) is 3.96. The zero-order valence-corrected chi connectivity index (χ0v) is 15.6. The van der Waals surface area contributed by atoms with Gasteiger partial charge in [-0.15, -0.1) is 0 Å². The molecule has 0 aliphatic rings. The van der Waals surface area contributed by atoms with Gasteiger partial charge in [0.1, 0.15) is 6.04 Å². The van der Waals surface area contributed by atoms with Crippen molar-refractivity contribution in [2.45, 2.75) is 25.9 Å². The minimum Gasteiger partial charge on any atom is -0.361 e. The lowest BCUT2D eigenvalue weighted by atomic mass is 10.0. The van der Waals surface area contributed by atoms with E-state index in [-0.39, 0.29) is 11.8 Å². The maximum absolute atomic E-state index is 12.8. The molecular formula is C22H22N4O2. The molecule has 2 amide bonds. The summed E-state index contributed by atoms with van der Waals surface area (Å²) in [6, 6.07) is 17.3. The number of carbonyl (C=O) groups excluding carboxylic acids is 2. The number of para-hydroxylation sites is 2. The second-order valence-electron chi connectivity index (χ2n) is 6.92. The lowest BCUT2D eigenvalue weighted by molar-refractivity contribution is -0.128. The Labute approximate surface area is 162 Å². The van der Waals surface area contributed by atoms with E-state index in [2.05, 4.69) is 20.6 Å². The Kier molecular flexibility index (Phi) is 4.85. The molecule has 2 heterocycles. The van der Waals surface area contributed by atoms with Gasteiger partial charge in [-0.05, 0) is 29.1 Å². The fraction of sp³-hybridized carbons (Fsp3) is 0.182. The number of rotatable bonds is 6. The number of amides is 2. The maximum atomic E-state index is 12.8. The van der Waals surface area contributed by atoms with E-state index >= 15 is 0 Å². The predicted octanol–water partition coefficient (Wildman–Crippen LogP) is 3.01. The third kappa shape index (κ3) is 3.76. The van der Waals surface area contributed by atoms with Crippen LogP contribution >= 0.6 is 0 Å². The van der Waals surface area contributed by atoms with Crippen LogP contribution in [0.15, 0.2) is 60.8 Å². The SMILES string of the molecule is CC(=O)NC(Cc1c[nH]c2ccccc12)C(=O)NCc1cc2ccccc2[nH]1. The van der Waals surface area contributed by atoms with Gasteiger partial charge in [0.2, 0.25) is 11.8 Å². The van der Waals surface area contributed by atoms with E-state index < -0.39 is 6.04 Å². The van der Waals surface area contributed by atoms with Crippen LogP contribution in [0, 0.1) is 0 Å². The normalized spacial score (nSPS) is 12.2. The molecule has 1 atom stereocenters. The summed E-state index contributed by atoms with van der Waals surface area (Å²) in [5.74, 6) is -0.440. The van der Waals surface area contributed by atoms with E-state index in [1.807, 2.05) is 60.8 Å². The number of H-pyrrole nitrogens is 2. The Balaban J connectivity index is 1.48. The number of aromatic amines is 2. The average Bonchev–Trinajstić information content (AvgIpc) is 3.29. The molecule has 142 valence electrons. The minimum atomic E-state index is -0.638. The van der Waals surface area contributed by atoms with Crippen LogP contribution in [0.1, 0.15) is 18.2 Å². The van der Waals surface area contributed by atoms with Gasteiger partial charge in [0.25, 0.3) is 0 Å². The Bertz CT molecular complexity index is 1110. The average molecular weight is 374 g/mol. The minimum absolute atomic E-state index is 0.209. The van der Waals surface area contributed by atoms with E-state index in [0.29, 0.717) is 13.0 Å². The highest BCUT2D eigenvalue weighted by Gasteiger charge is 2.21. The monoisotopic (exact) mass is 374 g/mol. The van der Waals surface area contributed by atoms with Gasteiger partial charge in [0.15, 0.2) is 0 Å². The zero-order chi connectivity index (χ0) is 19.5. The molecule has 2 aromatic carbocycles. The third-order valence-electron chi connectivity index (χ3n) is 4.83. The molecule has 6 heteroatoms. The Morgan fingerprint density at radius 2 is 1.79 bits per heavy atom. The highest BCUT2D eigenvalue weighted by Crippen LogP contribution is 2.19. The number of hydrogen-bond donors (Lipinski definition) is 4. The summed E-state index contributed by atoms with van der Waals surface area (Å²) >= 11 is 0. The van der Waals surface area contributed by atoms with Crippen LogP contribution in [0.2, 0.25) is 0 Å². The van der Waals surface area contributed by atoms with Crippen LogP contribution in [-0.2, 0) is 22.6 Å². The summed E-state index contributed by atoms with van der Waals surface area (Å²) in [7, 11) is 0. The van der Waals surface area contributed by atoms with Crippen molar-refractivity contribution in [3.05, 3.63) is 72.1 Å². The molecule has 0 radical (unpaired) electrons. The molecule has 0 fully saturated rings. The lowest BCUT2D eigenvalue weighted by Crippen LogP contribution is -2.47. The summed E-state index contributed by atoms with van der Waals surface area (Å²) in [5, 5.41) is 7.86. The molecule has 0 bridgehead atoms. The van der Waals surface area contributed by atoms with Crippen LogP contribution in [0.3, 0.4) is 0 Å². The molecule has 0 spiro atoms. The van der Waals surface area contributed by atoms with E-state index in [4.69, 9.17) is 0 Å². The van der Waals surface area contributed by atoms with E-state index in [0.717, 1.165) is 33.1 Å². The van der Waals surface area contributed by atoms with Crippen molar-refractivity contribution in [3.8, 4) is 0 Å². The number of carbonyl (C=O) groups is 2. The van der Waals surface area contributed by atoms with Gasteiger partial charge in [0, 0.05) is 41.7 Å². The van der Waals surface area contributed by atoms with Crippen LogP contribution in [0.5, 0.6) is 0 Å². The van der Waals surface area contributed by atoms with Crippen LogP contribution in [-0.4, -0.2) is 27.8 Å². The fourth-order valence-corrected chi connectivity index (χ4v) is 3.51. The highest BCUT2D eigenvalue weighted by molar-refractivity contribution is 5.89. The number of fused-ring (bicyclic) bond motifs is 2. The first kappa shape index (κ1) is 17.9. The fourth-order valence-electron chi connectivity index (χ4n) is 3.51. The van der Waals surface area contributed by atoms with E-state index in [1.54, 1.807) is 0 Å². The first-order valence-electron chi connectivity index (χ1n) is 9.26. The highest BCUT2D eigenvalue weighted by atomic mass is 16.2. The van der Waals surface area contributed by atoms with Gasteiger partial charge in [-0.25, -0.2) is 0 Å². The molecule has 2 aromatic heterocycles. The summed E-state index contributed by atoms with van der Waals surface area (Å²) in [6.45, 7) is 1.80. The molecule has 4 rings (SSSR count). The molecule has 0 saturated heterocycles. The van der Waals surface area contributed by atoms with Crippen molar-refractivity contribution >= 4 is 33.6 Å². The second-order valence-corrected chi connectivity index (χ2v) is 6.92. The standard InChI is InChI=1S/C22H22N4O2/c1-14(27)25-21(11-16-12-23-20-9-5-3-7-18(16)20)22(28)24-13-17-10-15-6-2-4-8-19(15)26-17/h2-10,12,21,23,26H,11,13H2,1H3,(H,24,28)(H,25,27). The lowest BCUT2D eigenvalue weighted by Gasteiger charge is -2.17. The molecule has 28 heavy (non-hydrogen) atoms. The summed E-state index contributed by atoms with van der Waals surface area (Å²) in [4.78, 5) is 30.9. The molecule has 6 nitrogen and oxygen atoms in total. The first-order chi connectivity index (χ1) is 13.6. The summed E-state index contributed by atoms with van der Waals surface area (Å²) in [6.07, 6.45) is 2.31. The summed E-state index contributed by atoms with van der Waals surface area (Å²) < 4.78 is 0. The Hall–Kier alpha value is -3.54. The number of hydrogen-bond acceptors (Lipinski definition) is 2. The number of nitrogens with one attached hydrogen (secondary N) is 4. The van der Waals surface area contributed by atoms with Crippen LogP contribution in [0.25, 0.3) is 21.8 Å². The largest absolute Gasteiger partial charge is 0.361 e. The van der Waals surface area contributed by atoms with Crippen LogP contribution in [0.4, 0.5) is 0 Å². The number of aromatic nitrogens is 2. The van der Waals surface area contributed by atoms with Gasteiger partial charge < -0.3 is 20.6 Å². The van der Waals surface area contributed by atoms with Gasteiger partial charge in [-0.3, -0.25) is 9.59 Å². The topological polar surface area (TPSA) is 89.8 Å². The predicted molar refractivity (Wildman–Crippen MR) is 110 cm³/mol. The van der Waals surface area contributed by atoms with Crippen molar-refractivity contribution in [1.29, 1.82) is 0 Å². The van der Waals surface area contributed by atoms with E-state index in [9.17, 15) is 9.59 Å². The van der Waals surface area contributed by atoms with Gasteiger partial charge in [0.05, 0.1) is 6.54 Å². The van der Waals surface area contributed by atoms with Crippen molar-refractivity contribution in [1.82, 2.24) is 20.6 Å². The second kappa shape index (κ2) is 7.60. The smallest absolute Gasteiger partial charge is 0.243 e. The van der Waals surface area contributed by atoms with Crippen LogP contribution < -0.4 is 10.6 Å². The Morgan fingerprint density at radius 3 is 2.57 bits per heavy atom. The molecule has 1 unspecified atom stereocenters. The van der Waals surface area contributed by atoms with Gasteiger partial charge >= 0.3 is 0 Å². The third-order valence-corrected chi connectivity index (χ3v) is 4.83. The Morgan fingerprint density at radius 1 is 1.04 bits per heavy atom. The zero-order valence-electron chi connectivity index (χ0n) is 15.6. The molecule has 0 aliphatic carbocycles. The maximum Gasteiger partial charge on any atom is 0.243 e. The number of benzene rings is 2. The molecule has 0 saturated carbocycles. The van der Waals surface area contributed by atoms with Crippen molar-refractivity contribution in [3.63, 3.8) is 0 Å². The van der Waals surface area contributed by atoms with Crippen molar-refractivity contribution in [2.75, 3.05) is 0 Å². The van der Waals surface area contributed by atoms with Gasteiger partial charge in [-0.2, -0.15) is 0 Å². The van der Waals surface area contributed by atoms with Gasteiger partial charge in [-0.1, -0.05) is 36.4 Å². The van der Waals surface area contributed by atoms with Crippen molar-refractivity contribution < 1.29 is 9.59 Å². The molecule has 4 aromatic rings.